The van der Waals surface area contributed by atoms with E-state index in [2.05, 4.69) is 34.6 Å². The van der Waals surface area contributed by atoms with Gasteiger partial charge in [0.15, 0.2) is 17.4 Å². The summed E-state index contributed by atoms with van der Waals surface area (Å²) in [5.41, 5.74) is -0.407. The smallest absolute Gasteiger partial charge is 0.163 e. The molecule has 0 aromatic carbocycles. The van der Waals surface area contributed by atoms with Crippen molar-refractivity contribution >= 4 is 0 Å². The van der Waals surface area contributed by atoms with Gasteiger partial charge in [-0.3, -0.25) is 0 Å². The van der Waals surface area contributed by atoms with Crippen molar-refractivity contribution < 1.29 is 28.4 Å². The molecule has 3 aliphatic heterocycles. The molecular weight excluding hydrogens is 420 g/mol. The average molecular weight is 471 g/mol. The number of hydrogen-bond acceptors (Lipinski definition) is 6. The van der Waals surface area contributed by atoms with E-state index in [-0.39, 0.29) is 29.5 Å². The third-order valence-electron chi connectivity index (χ3n) is 7.64. The van der Waals surface area contributed by atoms with E-state index < -0.39 is 17.4 Å². The molecule has 6 atom stereocenters. The first kappa shape index (κ1) is 27.3. The van der Waals surface area contributed by atoms with E-state index in [1.165, 1.54) is 0 Å². The van der Waals surface area contributed by atoms with Gasteiger partial charge in [-0.15, -0.1) is 0 Å². The fraction of sp³-hybridized carbons (Fsp3) is 1.00. The summed E-state index contributed by atoms with van der Waals surface area (Å²) >= 11 is 0. The summed E-state index contributed by atoms with van der Waals surface area (Å²) in [7, 11) is 0. The van der Waals surface area contributed by atoms with Crippen molar-refractivity contribution in [3.63, 3.8) is 0 Å². The fourth-order valence-electron chi connectivity index (χ4n) is 6.01. The molecule has 194 valence electrons. The Hall–Kier alpha value is -0.240. The molecule has 0 amide bonds. The number of ether oxygens (including phenoxy) is 6. The Bertz CT molecular complexity index is 656. The van der Waals surface area contributed by atoms with Crippen LogP contribution >= 0.6 is 0 Å². The third kappa shape index (κ3) is 7.14. The molecule has 6 nitrogen and oxygen atoms in total. The summed E-state index contributed by atoms with van der Waals surface area (Å²) in [5, 5.41) is 0. The van der Waals surface area contributed by atoms with E-state index in [4.69, 9.17) is 28.4 Å². The highest BCUT2D eigenvalue weighted by Gasteiger charge is 2.46. The zero-order valence-electron chi connectivity index (χ0n) is 23.1. The molecule has 3 fully saturated rings. The minimum atomic E-state index is -0.598. The summed E-state index contributed by atoms with van der Waals surface area (Å²) in [5.74, 6) is -1.07. The molecule has 0 aromatic rings. The SMILES string of the molecule is CC1C(CCC2CC(C)(C)OC(C)(C)O2)OC(C)(C)OC1CCC1(C)OC(C)(C)OCC1C. The molecule has 0 aromatic heterocycles. The van der Waals surface area contributed by atoms with Gasteiger partial charge >= 0.3 is 0 Å². The highest BCUT2D eigenvalue weighted by atomic mass is 16.7. The Morgan fingerprint density at radius 2 is 1.27 bits per heavy atom. The summed E-state index contributed by atoms with van der Waals surface area (Å²) in [6.07, 6.45) is 5.10. The van der Waals surface area contributed by atoms with Crippen molar-refractivity contribution in [2.24, 2.45) is 11.8 Å². The molecule has 3 heterocycles. The van der Waals surface area contributed by atoms with Crippen LogP contribution in [0.4, 0.5) is 0 Å². The molecule has 0 aliphatic carbocycles. The molecule has 6 heteroatoms. The highest BCUT2D eigenvalue weighted by molar-refractivity contribution is 4.91. The van der Waals surface area contributed by atoms with Crippen molar-refractivity contribution in [2.75, 3.05) is 6.61 Å². The normalized spacial score (nSPS) is 42.1. The molecule has 0 N–H and O–H groups in total. The molecule has 3 saturated heterocycles. The Kier molecular flexibility index (Phi) is 7.73. The van der Waals surface area contributed by atoms with Gasteiger partial charge in [0.2, 0.25) is 0 Å². The van der Waals surface area contributed by atoms with Gasteiger partial charge in [0, 0.05) is 18.3 Å². The maximum absolute atomic E-state index is 6.44. The lowest BCUT2D eigenvalue weighted by Gasteiger charge is -2.50. The van der Waals surface area contributed by atoms with Gasteiger partial charge in [-0.05, 0) is 88.0 Å². The van der Waals surface area contributed by atoms with Gasteiger partial charge in [-0.2, -0.15) is 0 Å². The molecule has 0 spiro atoms. The molecule has 3 rings (SSSR count). The Morgan fingerprint density at radius 3 is 1.88 bits per heavy atom. The number of rotatable bonds is 6. The summed E-state index contributed by atoms with van der Waals surface area (Å²) in [6.45, 7) is 23.8. The quantitative estimate of drug-likeness (QED) is 0.461. The van der Waals surface area contributed by atoms with E-state index in [0.29, 0.717) is 11.8 Å². The minimum Gasteiger partial charge on any atom is -0.350 e. The van der Waals surface area contributed by atoms with Crippen molar-refractivity contribution in [2.45, 2.75) is 155 Å². The van der Waals surface area contributed by atoms with Crippen LogP contribution in [0.3, 0.4) is 0 Å². The van der Waals surface area contributed by atoms with Gasteiger partial charge in [0.25, 0.3) is 0 Å². The van der Waals surface area contributed by atoms with Crippen LogP contribution in [0.5, 0.6) is 0 Å². The van der Waals surface area contributed by atoms with Crippen molar-refractivity contribution in [1.82, 2.24) is 0 Å². The van der Waals surface area contributed by atoms with Gasteiger partial charge in [0.1, 0.15) is 0 Å². The maximum atomic E-state index is 6.44. The van der Waals surface area contributed by atoms with Crippen LogP contribution in [0.15, 0.2) is 0 Å². The molecule has 0 bridgehead atoms. The van der Waals surface area contributed by atoms with E-state index in [9.17, 15) is 0 Å². The predicted octanol–water partition coefficient (Wildman–Crippen LogP) is 6.20. The highest BCUT2D eigenvalue weighted by Crippen LogP contribution is 2.42. The van der Waals surface area contributed by atoms with Crippen LogP contribution < -0.4 is 0 Å². The molecule has 33 heavy (non-hydrogen) atoms. The summed E-state index contributed by atoms with van der Waals surface area (Å²) < 4.78 is 37.5. The van der Waals surface area contributed by atoms with Crippen LogP contribution in [0.2, 0.25) is 0 Å². The molecule has 0 saturated carbocycles. The minimum absolute atomic E-state index is 0.126. The lowest BCUT2D eigenvalue weighted by molar-refractivity contribution is -0.340. The van der Waals surface area contributed by atoms with Crippen LogP contribution in [0.1, 0.15) is 108 Å². The van der Waals surface area contributed by atoms with Crippen molar-refractivity contribution in [1.29, 1.82) is 0 Å². The van der Waals surface area contributed by atoms with Crippen LogP contribution in [0, 0.1) is 11.8 Å². The van der Waals surface area contributed by atoms with Crippen LogP contribution in [-0.4, -0.2) is 53.5 Å². The Balaban J connectivity index is 1.62. The third-order valence-corrected chi connectivity index (χ3v) is 7.64. The topological polar surface area (TPSA) is 55.4 Å². The Morgan fingerprint density at radius 1 is 0.667 bits per heavy atom. The lowest BCUT2D eigenvalue weighted by Crippen LogP contribution is -2.54. The van der Waals surface area contributed by atoms with Gasteiger partial charge in [0.05, 0.1) is 36.1 Å². The first-order chi connectivity index (χ1) is 14.9. The first-order valence-corrected chi connectivity index (χ1v) is 13.0. The van der Waals surface area contributed by atoms with Crippen LogP contribution in [-0.2, 0) is 28.4 Å². The second-order valence-corrected chi connectivity index (χ2v) is 12.9. The Labute approximate surface area is 202 Å². The zero-order chi connectivity index (χ0) is 24.9. The van der Waals surface area contributed by atoms with Gasteiger partial charge in [-0.1, -0.05) is 13.8 Å². The maximum Gasteiger partial charge on any atom is 0.163 e. The first-order valence-electron chi connectivity index (χ1n) is 13.0. The second kappa shape index (κ2) is 9.33. The fourth-order valence-corrected chi connectivity index (χ4v) is 6.01. The standard InChI is InChI=1S/C27H50O6/c1-18-17-28-24(5,6)33-27(18,11)15-14-22-19(2)21(30-25(7,8)31-22)13-12-20-16-23(3,4)32-26(9,10)29-20/h18-22H,12-17H2,1-11H3. The van der Waals surface area contributed by atoms with Gasteiger partial charge in [-0.25, -0.2) is 0 Å². The van der Waals surface area contributed by atoms with Crippen molar-refractivity contribution in [3.8, 4) is 0 Å². The van der Waals surface area contributed by atoms with E-state index in [0.717, 1.165) is 38.7 Å². The molecule has 0 radical (unpaired) electrons. The van der Waals surface area contributed by atoms with Crippen molar-refractivity contribution in [3.05, 3.63) is 0 Å². The molecule has 6 unspecified atom stereocenters. The van der Waals surface area contributed by atoms with Gasteiger partial charge < -0.3 is 28.4 Å². The summed E-state index contributed by atoms with van der Waals surface area (Å²) in [6, 6.07) is 0. The summed E-state index contributed by atoms with van der Waals surface area (Å²) in [4.78, 5) is 0. The average Bonchev–Trinajstić information content (AvgIpc) is 2.61. The predicted molar refractivity (Wildman–Crippen MR) is 129 cm³/mol. The molecular formula is C27H50O6. The molecule has 3 aliphatic rings. The largest absolute Gasteiger partial charge is 0.350 e. The second-order valence-electron chi connectivity index (χ2n) is 12.9. The van der Waals surface area contributed by atoms with Crippen LogP contribution in [0.25, 0.3) is 0 Å². The zero-order valence-corrected chi connectivity index (χ0v) is 23.1. The number of hydrogen-bond donors (Lipinski definition) is 0. The van der Waals surface area contributed by atoms with E-state index in [1.807, 2.05) is 41.5 Å². The monoisotopic (exact) mass is 470 g/mol. The van der Waals surface area contributed by atoms with E-state index in [1.54, 1.807) is 0 Å². The van der Waals surface area contributed by atoms with E-state index >= 15 is 0 Å². The lowest BCUT2D eigenvalue weighted by atomic mass is 9.81.